The number of rotatable bonds is 4. The summed E-state index contributed by atoms with van der Waals surface area (Å²) in [7, 11) is -1.63. The molecule has 6 heteroatoms. The van der Waals surface area contributed by atoms with Crippen molar-refractivity contribution in [1.29, 1.82) is 0 Å². The Kier molecular flexibility index (Phi) is 4.03. The van der Waals surface area contributed by atoms with Crippen LogP contribution in [0.4, 0.5) is 0 Å². The Hall–Kier alpha value is -0.850. The van der Waals surface area contributed by atoms with Crippen molar-refractivity contribution in [2.45, 2.75) is 44.2 Å². The van der Waals surface area contributed by atoms with Crippen LogP contribution in [-0.4, -0.2) is 19.0 Å². The van der Waals surface area contributed by atoms with Crippen LogP contribution in [0.5, 0.6) is 0 Å². The molecule has 3 N–H and O–H groups in total. The minimum Gasteiger partial charge on any atom is -0.352 e. The first-order valence-electron chi connectivity index (χ1n) is 6.72. The number of aromatic nitrogens is 1. The van der Waals surface area contributed by atoms with Gasteiger partial charge >= 0.3 is 0 Å². The number of nitrogens with one attached hydrogen (secondary N) is 1. The first-order chi connectivity index (χ1) is 8.85. The van der Waals surface area contributed by atoms with Gasteiger partial charge in [0.2, 0.25) is 10.0 Å². The summed E-state index contributed by atoms with van der Waals surface area (Å²) in [5, 5.41) is 0. The van der Waals surface area contributed by atoms with Gasteiger partial charge in [-0.05, 0) is 30.7 Å². The third-order valence-electron chi connectivity index (χ3n) is 4.37. The third-order valence-corrected chi connectivity index (χ3v) is 5.83. The molecule has 5 nitrogen and oxygen atoms in total. The molecule has 0 spiro atoms. The van der Waals surface area contributed by atoms with Gasteiger partial charge in [0.05, 0.1) is 4.90 Å². The molecule has 1 aliphatic rings. The number of nitrogens with two attached hydrogens (primary N) is 1. The molecule has 1 aromatic heterocycles. The molecular weight excluding hydrogens is 262 g/mol. The van der Waals surface area contributed by atoms with E-state index in [0.717, 1.165) is 18.5 Å². The zero-order valence-corrected chi connectivity index (χ0v) is 12.6. The predicted octanol–water partition coefficient (Wildman–Crippen LogP) is 1.20. The number of sulfonamides is 1. The monoisotopic (exact) mass is 285 g/mol. The van der Waals surface area contributed by atoms with Gasteiger partial charge in [0.25, 0.3) is 0 Å². The lowest BCUT2D eigenvalue weighted by Gasteiger charge is -2.19. The van der Waals surface area contributed by atoms with Gasteiger partial charge in [0.1, 0.15) is 0 Å². The van der Waals surface area contributed by atoms with E-state index in [2.05, 4.69) is 18.6 Å². The summed E-state index contributed by atoms with van der Waals surface area (Å²) < 4.78 is 29.3. The molecule has 19 heavy (non-hydrogen) atoms. The minimum atomic E-state index is -3.44. The SMILES string of the molecule is CC1CCC(NS(=O)(=O)c2cc(CN)n(C)c2)C1C. The lowest BCUT2D eigenvalue weighted by Crippen LogP contribution is -2.37. The maximum absolute atomic E-state index is 12.4. The smallest absolute Gasteiger partial charge is 0.242 e. The fourth-order valence-corrected chi connectivity index (χ4v) is 4.18. The van der Waals surface area contributed by atoms with E-state index in [0.29, 0.717) is 23.3 Å². The number of hydrogen-bond donors (Lipinski definition) is 2. The Morgan fingerprint density at radius 3 is 2.58 bits per heavy atom. The molecule has 1 fully saturated rings. The highest BCUT2D eigenvalue weighted by Crippen LogP contribution is 2.32. The Balaban J connectivity index is 2.18. The molecule has 1 heterocycles. The van der Waals surface area contributed by atoms with E-state index in [4.69, 9.17) is 5.73 Å². The van der Waals surface area contributed by atoms with Crippen molar-refractivity contribution in [3.63, 3.8) is 0 Å². The Bertz CT molecular complexity index is 550. The molecule has 0 saturated heterocycles. The molecule has 3 atom stereocenters. The van der Waals surface area contributed by atoms with Gasteiger partial charge in [-0.3, -0.25) is 0 Å². The van der Waals surface area contributed by atoms with Crippen LogP contribution >= 0.6 is 0 Å². The molecule has 1 saturated carbocycles. The highest BCUT2D eigenvalue weighted by molar-refractivity contribution is 7.89. The van der Waals surface area contributed by atoms with Crippen molar-refractivity contribution in [2.24, 2.45) is 24.6 Å². The second-order valence-electron chi connectivity index (χ2n) is 5.62. The molecule has 0 aliphatic heterocycles. The number of hydrogen-bond acceptors (Lipinski definition) is 3. The summed E-state index contributed by atoms with van der Waals surface area (Å²) in [6, 6.07) is 1.69. The molecule has 1 aliphatic carbocycles. The lowest BCUT2D eigenvalue weighted by atomic mass is 9.98. The van der Waals surface area contributed by atoms with Crippen molar-refractivity contribution < 1.29 is 8.42 Å². The first kappa shape index (κ1) is 14.6. The van der Waals surface area contributed by atoms with Crippen LogP contribution in [0.2, 0.25) is 0 Å². The van der Waals surface area contributed by atoms with Crippen molar-refractivity contribution in [3.05, 3.63) is 18.0 Å². The van der Waals surface area contributed by atoms with Crippen molar-refractivity contribution in [1.82, 2.24) is 9.29 Å². The Morgan fingerprint density at radius 2 is 2.11 bits per heavy atom. The fourth-order valence-electron chi connectivity index (χ4n) is 2.73. The summed E-state index contributed by atoms with van der Waals surface area (Å²) in [6.45, 7) is 4.62. The Labute approximate surface area is 115 Å². The normalized spacial score (nSPS) is 27.9. The van der Waals surface area contributed by atoms with Crippen LogP contribution in [0.1, 0.15) is 32.4 Å². The quantitative estimate of drug-likeness (QED) is 0.872. The molecule has 1 aromatic rings. The van der Waals surface area contributed by atoms with Crippen LogP contribution in [0.25, 0.3) is 0 Å². The largest absolute Gasteiger partial charge is 0.352 e. The van der Waals surface area contributed by atoms with Gasteiger partial charge in [-0.1, -0.05) is 13.8 Å². The topological polar surface area (TPSA) is 77.1 Å². The summed E-state index contributed by atoms with van der Waals surface area (Å²) in [6.07, 6.45) is 3.61. The van der Waals surface area contributed by atoms with Gasteiger partial charge in [0, 0.05) is 31.5 Å². The van der Waals surface area contributed by atoms with Gasteiger partial charge in [0.15, 0.2) is 0 Å². The average Bonchev–Trinajstić information content (AvgIpc) is 2.87. The molecular formula is C13H23N3O2S. The lowest BCUT2D eigenvalue weighted by molar-refractivity contribution is 0.402. The third kappa shape index (κ3) is 2.85. The Morgan fingerprint density at radius 1 is 1.42 bits per heavy atom. The maximum atomic E-state index is 12.4. The summed E-state index contributed by atoms with van der Waals surface area (Å²) in [4.78, 5) is 0.308. The molecule has 3 unspecified atom stereocenters. The zero-order chi connectivity index (χ0) is 14.2. The standard InChI is InChI=1S/C13H23N3O2S/c1-9-4-5-13(10(9)2)15-19(17,18)12-6-11(7-14)16(3)8-12/h6,8-10,13,15H,4-5,7,14H2,1-3H3. The summed E-state index contributed by atoms with van der Waals surface area (Å²) in [5.74, 6) is 0.954. The highest BCUT2D eigenvalue weighted by Gasteiger charge is 2.33. The van der Waals surface area contributed by atoms with E-state index in [1.807, 2.05) is 7.05 Å². The van der Waals surface area contributed by atoms with Gasteiger partial charge < -0.3 is 10.3 Å². The molecule has 0 amide bonds. The van der Waals surface area contributed by atoms with Crippen molar-refractivity contribution in [2.75, 3.05) is 0 Å². The maximum Gasteiger partial charge on any atom is 0.242 e. The van der Waals surface area contributed by atoms with E-state index in [-0.39, 0.29) is 6.04 Å². The second kappa shape index (κ2) is 5.26. The summed E-state index contributed by atoms with van der Waals surface area (Å²) in [5.41, 5.74) is 6.39. The molecule has 0 aromatic carbocycles. The molecule has 2 rings (SSSR count). The molecule has 0 radical (unpaired) electrons. The van der Waals surface area contributed by atoms with E-state index in [1.165, 1.54) is 0 Å². The van der Waals surface area contributed by atoms with E-state index >= 15 is 0 Å². The first-order valence-corrected chi connectivity index (χ1v) is 8.21. The zero-order valence-electron chi connectivity index (χ0n) is 11.8. The van der Waals surface area contributed by atoms with Gasteiger partial charge in [-0.2, -0.15) is 0 Å². The molecule has 0 bridgehead atoms. The van der Waals surface area contributed by atoms with E-state index in [9.17, 15) is 8.42 Å². The second-order valence-corrected chi connectivity index (χ2v) is 7.34. The number of nitrogens with zero attached hydrogens (tertiary/aromatic N) is 1. The molecule has 108 valence electrons. The van der Waals surface area contributed by atoms with Crippen LogP contribution in [0.3, 0.4) is 0 Å². The average molecular weight is 285 g/mol. The number of aryl methyl sites for hydroxylation is 1. The van der Waals surface area contributed by atoms with E-state index < -0.39 is 10.0 Å². The predicted molar refractivity (Wildman–Crippen MR) is 75.0 cm³/mol. The van der Waals surface area contributed by atoms with Crippen LogP contribution in [-0.2, 0) is 23.6 Å². The van der Waals surface area contributed by atoms with Gasteiger partial charge in [-0.25, -0.2) is 13.1 Å². The van der Waals surface area contributed by atoms with E-state index in [1.54, 1.807) is 16.8 Å². The van der Waals surface area contributed by atoms with Crippen LogP contribution in [0, 0.1) is 11.8 Å². The minimum absolute atomic E-state index is 0.0431. The van der Waals surface area contributed by atoms with Crippen molar-refractivity contribution >= 4 is 10.0 Å². The fraction of sp³-hybridized carbons (Fsp3) is 0.692. The van der Waals surface area contributed by atoms with Crippen molar-refractivity contribution in [3.8, 4) is 0 Å². The van der Waals surface area contributed by atoms with Crippen LogP contribution in [0.15, 0.2) is 17.2 Å². The van der Waals surface area contributed by atoms with Crippen LogP contribution < -0.4 is 10.5 Å². The highest BCUT2D eigenvalue weighted by atomic mass is 32.2. The summed E-state index contributed by atoms with van der Waals surface area (Å²) >= 11 is 0. The van der Waals surface area contributed by atoms with Gasteiger partial charge in [-0.15, -0.1) is 0 Å².